The van der Waals surface area contributed by atoms with Crippen molar-refractivity contribution in [2.24, 2.45) is 46.3 Å². The number of aliphatic hydroxyl groups is 2. The molecule has 4 fully saturated rings. The van der Waals surface area contributed by atoms with E-state index in [1.807, 2.05) is 0 Å². The van der Waals surface area contributed by atoms with E-state index in [0.29, 0.717) is 30.2 Å². The maximum Gasteiger partial charge on any atom is 0.266 e. The molecule has 0 spiro atoms. The summed E-state index contributed by atoms with van der Waals surface area (Å²) < 4.78 is 30.5. The number of fused-ring (bicyclic) bond motifs is 5. The van der Waals surface area contributed by atoms with Gasteiger partial charge in [0, 0.05) is 6.54 Å². The molecular formula is C26H47NO5S. The number of hydrogen-bond acceptors (Lipinski definition) is 5. The van der Waals surface area contributed by atoms with Crippen LogP contribution in [0.5, 0.6) is 0 Å². The molecule has 6 nitrogen and oxygen atoms in total. The van der Waals surface area contributed by atoms with Crippen molar-refractivity contribution >= 4 is 10.1 Å². The van der Waals surface area contributed by atoms with Crippen LogP contribution in [0.25, 0.3) is 0 Å². The van der Waals surface area contributed by atoms with Gasteiger partial charge in [-0.15, -0.1) is 0 Å². The van der Waals surface area contributed by atoms with Gasteiger partial charge in [-0.05, 0) is 104 Å². The molecule has 0 aliphatic heterocycles. The summed E-state index contributed by atoms with van der Waals surface area (Å²) in [5, 5.41) is 25.7. The fourth-order valence-electron chi connectivity index (χ4n) is 9.36. The molecule has 10 unspecified atom stereocenters. The maximum absolute atomic E-state index is 11.4. The Morgan fingerprint density at radius 3 is 2.36 bits per heavy atom. The second-order valence-electron chi connectivity index (χ2n) is 12.5. The summed E-state index contributed by atoms with van der Waals surface area (Å²) >= 11 is 0. The summed E-state index contributed by atoms with van der Waals surface area (Å²) in [7, 11) is -3.89. The van der Waals surface area contributed by atoms with Crippen molar-refractivity contribution in [3.05, 3.63) is 0 Å². The molecule has 4 aliphatic rings. The summed E-state index contributed by atoms with van der Waals surface area (Å²) in [6, 6.07) is 0. The minimum atomic E-state index is -3.89. The Labute approximate surface area is 201 Å². The third-order valence-electron chi connectivity index (χ3n) is 11.0. The molecule has 4 rings (SSSR count). The fourth-order valence-corrected chi connectivity index (χ4v) is 9.77. The minimum absolute atomic E-state index is 0.181. The van der Waals surface area contributed by atoms with Crippen molar-refractivity contribution in [1.29, 1.82) is 0 Å². The third kappa shape index (κ3) is 4.78. The largest absolute Gasteiger partial charge is 0.390 e. The topological polar surface area (TPSA) is 107 Å². The first-order chi connectivity index (χ1) is 15.5. The Hall–Kier alpha value is -0.210. The maximum atomic E-state index is 11.4. The molecule has 4 saturated carbocycles. The van der Waals surface area contributed by atoms with Crippen LogP contribution in [-0.2, 0) is 10.1 Å². The standard InChI is InChI=1S/C26H47NO5S/c1-17(7-6-14-27-15-16-33(30,31)32)18-9-10-19-22-20(11-13-26(18,19)3)25(2)12-5-4-8-21(25)23(28)24(22)29/h17-24,27-29H,4-16H2,1-3H3,(H,30,31,32). The van der Waals surface area contributed by atoms with Crippen molar-refractivity contribution in [3.8, 4) is 0 Å². The summed E-state index contributed by atoms with van der Waals surface area (Å²) in [6.07, 6.45) is 10.5. The van der Waals surface area contributed by atoms with Crippen molar-refractivity contribution in [3.63, 3.8) is 0 Å². The van der Waals surface area contributed by atoms with Crippen LogP contribution in [-0.4, -0.2) is 54.2 Å². The van der Waals surface area contributed by atoms with E-state index in [9.17, 15) is 18.6 Å². The van der Waals surface area contributed by atoms with Crippen LogP contribution in [0.3, 0.4) is 0 Å². The molecule has 0 aromatic heterocycles. The summed E-state index contributed by atoms with van der Waals surface area (Å²) in [6.45, 7) is 8.33. The van der Waals surface area contributed by atoms with Gasteiger partial charge >= 0.3 is 0 Å². The van der Waals surface area contributed by atoms with E-state index in [4.69, 9.17) is 4.55 Å². The SMILES string of the molecule is CC(CCCNCCS(=O)(=O)O)C1CCC2C3C(O)C(O)C4CCCCC4(C)C3CCC12C. The second kappa shape index (κ2) is 9.68. The molecular weight excluding hydrogens is 438 g/mol. The van der Waals surface area contributed by atoms with E-state index in [2.05, 4.69) is 26.1 Å². The number of nitrogens with one attached hydrogen (secondary N) is 1. The lowest BCUT2D eigenvalue weighted by atomic mass is 9.43. The molecule has 192 valence electrons. The average molecular weight is 486 g/mol. The monoisotopic (exact) mass is 485 g/mol. The van der Waals surface area contributed by atoms with E-state index in [-0.39, 0.29) is 28.4 Å². The van der Waals surface area contributed by atoms with Crippen LogP contribution in [0.4, 0.5) is 0 Å². The minimum Gasteiger partial charge on any atom is -0.390 e. The zero-order valence-corrected chi connectivity index (χ0v) is 21.7. The third-order valence-corrected chi connectivity index (χ3v) is 11.7. The first kappa shape index (κ1) is 25.9. The molecule has 7 heteroatoms. The quantitative estimate of drug-likeness (QED) is 0.307. The van der Waals surface area contributed by atoms with E-state index < -0.39 is 22.3 Å². The normalized spacial score (nSPS) is 46.3. The van der Waals surface area contributed by atoms with Crippen molar-refractivity contribution in [1.82, 2.24) is 5.32 Å². The van der Waals surface area contributed by atoms with E-state index >= 15 is 0 Å². The predicted octanol–water partition coefficient (Wildman–Crippen LogP) is 3.87. The lowest BCUT2D eigenvalue weighted by Gasteiger charge is -2.63. The molecule has 4 aliphatic carbocycles. The van der Waals surface area contributed by atoms with Crippen molar-refractivity contribution < 1.29 is 23.2 Å². The van der Waals surface area contributed by atoms with Gasteiger partial charge in [-0.2, -0.15) is 8.42 Å². The van der Waals surface area contributed by atoms with Crippen LogP contribution in [0.1, 0.15) is 85.0 Å². The lowest BCUT2D eigenvalue weighted by Crippen LogP contribution is -2.63. The molecule has 0 amide bonds. The van der Waals surface area contributed by atoms with E-state index in [0.717, 1.165) is 25.8 Å². The summed E-state index contributed by atoms with van der Waals surface area (Å²) in [5.41, 5.74) is 0.415. The average Bonchev–Trinajstić information content (AvgIpc) is 3.10. The molecule has 0 heterocycles. The van der Waals surface area contributed by atoms with Crippen molar-refractivity contribution in [2.45, 2.75) is 97.2 Å². The van der Waals surface area contributed by atoms with Gasteiger partial charge in [0.2, 0.25) is 0 Å². The van der Waals surface area contributed by atoms with Gasteiger partial charge in [-0.25, -0.2) is 0 Å². The Morgan fingerprint density at radius 2 is 1.64 bits per heavy atom. The summed E-state index contributed by atoms with van der Waals surface area (Å²) in [5.74, 6) is 2.53. The first-order valence-electron chi connectivity index (χ1n) is 13.5. The van der Waals surface area contributed by atoms with Gasteiger partial charge in [-0.3, -0.25) is 4.55 Å². The van der Waals surface area contributed by atoms with Gasteiger partial charge in [-0.1, -0.05) is 33.6 Å². The Kier molecular flexibility index (Phi) is 7.59. The van der Waals surface area contributed by atoms with Gasteiger partial charge < -0.3 is 15.5 Å². The Balaban J connectivity index is 1.39. The zero-order chi connectivity index (χ0) is 24.0. The van der Waals surface area contributed by atoms with Crippen LogP contribution < -0.4 is 5.32 Å². The molecule has 4 N–H and O–H groups in total. The second-order valence-corrected chi connectivity index (χ2v) is 14.1. The zero-order valence-electron chi connectivity index (χ0n) is 20.9. The molecule has 0 aromatic rings. The van der Waals surface area contributed by atoms with E-state index in [1.54, 1.807) is 0 Å². The van der Waals surface area contributed by atoms with Gasteiger partial charge in [0.05, 0.1) is 18.0 Å². The fraction of sp³-hybridized carbons (Fsp3) is 1.00. The molecule has 0 aromatic carbocycles. The highest BCUT2D eigenvalue weighted by atomic mass is 32.2. The highest BCUT2D eigenvalue weighted by Gasteiger charge is 2.64. The predicted molar refractivity (Wildman–Crippen MR) is 130 cm³/mol. The number of hydrogen-bond donors (Lipinski definition) is 4. The smallest absolute Gasteiger partial charge is 0.266 e. The Bertz CT molecular complexity index is 790. The molecule has 10 atom stereocenters. The van der Waals surface area contributed by atoms with Gasteiger partial charge in [0.15, 0.2) is 0 Å². The molecule has 0 bridgehead atoms. The highest BCUT2D eigenvalue weighted by molar-refractivity contribution is 7.85. The van der Waals surface area contributed by atoms with Crippen LogP contribution in [0.2, 0.25) is 0 Å². The van der Waals surface area contributed by atoms with Crippen molar-refractivity contribution in [2.75, 3.05) is 18.8 Å². The highest BCUT2D eigenvalue weighted by Crippen LogP contribution is 2.68. The van der Waals surface area contributed by atoms with Gasteiger partial charge in [0.1, 0.15) is 0 Å². The Morgan fingerprint density at radius 1 is 0.909 bits per heavy atom. The van der Waals surface area contributed by atoms with Crippen LogP contribution >= 0.6 is 0 Å². The number of aliphatic hydroxyl groups excluding tert-OH is 2. The van der Waals surface area contributed by atoms with Gasteiger partial charge in [0.25, 0.3) is 10.1 Å². The van der Waals surface area contributed by atoms with Crippen LogP contribution in [0, 0.1) is 46.3 Å². The number of rotatable bonds is 8. The molecule has 0 saturated heterocycles. The molecule has 33 heavy (non-hydrogen) atoms. The lowest BCUT2D eigenvalue weighted by molar-refractivity contribution is -0.215. The summed E-state index contributed by atoms with van der Waals surface area (Å²) in [4.78, 5) is 0. The van der Waals surface area contributed by atoms with Crippen LogP contribution in [0.15, 0.2) is 0 Å². The first-order valence-corrected chi connectivity index (χ1v) is 15.1. The van der Waals surface area contributed by atoms with E-state index in [1.165, 1.54) is 44.9 Å². The molecule has 0 radical (unpaired) electrons.